The van der Waals surface area contributed by atoms with Crippen LogP contribution in [0.25, 0.3) is 0 Å². The molecule has 0 spiro atoms. The molecule has 6 heteroatoms. The first kappa shape index (κ1) is 11.5. The van der Waals surface area contributed by atoms with Crippen LogP contribution in [0.5, 0.6) is 0 Å². The number of hydrogen-bond acceptors (Lipinski definition) is 3. The third kappa shape index (κ3) is 3.99. The molecular weight excluding hydrogens is 216 g/mol. The van der Waals surface area contributed by atoms with Crippen molar-refractivity contribution in [2.75, 3.05) is 7.05 Å². The van der Waals surface area contributed by atoms with Gasteiger partial charge in [0.25, 0.3) is 0 Å². The smallest absolute Gasteiger partial charge is 0.328 e. The van der Waals surface area contributed by atoms with Crippen molar-refractivity contribution in [2.45, 2.75) is 5.75 Å². The van der Waals surface area contributed by atoms with E-state index in [0.717, 1.165) is 0 Å². The zero-order valence-electron chi connectivity index (χ0n) is 8.23. The van der Waals surface area contributed by atoms with E-state index >= 15 is 0 Å². The molecule has 15 heavy (non-hydrogen) atoms. The van der Waals surface area contributed by atoms with Crippen LogP contribution >= 0.6 is 0 Å². The molecule has 0 atom stereocenters. The molecule has 0 aliphatic rings. The summed E-state index contributed by atoms with van der Waals surface area (Å²) >= 11 is 0. The third-order valence-corrected chi connectivity index (χ3v) is 2.88. The van der Waals surface area contributed by atoms with Gasteiger partial charge in [-0.25, -0.2) is 17.9 Å². The van der Waals surface area contributed by atoms with Crippen LogP contribution in [-0.4, -0.2) is 21.5 Å². The van der Waals surface area contributed by atoms with Gasteiger partial charge >= 0.3 is 6.03 Å². The van der Waals surface area contributed by atoms with Gasteiger partial charge in [-0.1, -0.05) is 30.3 Å². The van der Waals surface area contributed by atoms with Crippen LogP contribution in [-0.2, 0) is 15.8 Å². The minimum Gasteiger partial charge on any atom is -0.340 e. The Morgan fingerprint density at radius 3 is 2.40 bits per heavy atom. The Bertz CT molecular complexity index is 428. The number of benzene rings is 1. The van der Waals surface area contributed by atoms with E-state index in [2.05, 4.69) is 5.32 Å². The Morgan fingerprint density at radius 1 is 1.27 bits per heavy atom. The largest absolute Gasteiger partial charge is 0.340 e. The van der Waals surface area contributed by atoms with Gasteiger partial charge in [-0.3, -0.25) is 0 Å². The van der Waals surface area contributed by atoms with Gasteiger partial charge in [-0.2, -0.15) is 0 Å². The van der Waals surface area contributed by atoms with Crippen LogP contribution in [0.4, 0.5) is 4.79 Å². The normalized spacial score (nSPS) is 10.7. The van der Waals surface area contributed by atoms with E-state index in [1.54, 1.807) is 30.3 Å². The number of hydrogen-bond donors (Lipinski definition) is 2. The van der Waals surface area contributed by atoms with Gasteiger partial charge in [-0.15, -0.1) is 0 Å². The number of sulfonamides is 1. The van der Waals surface area contributed by atoms with Crippen molar-refractivity contribution in [3.05, 3.63) is 35.9 Å². The topological polar surface area (TPSA) is 75.3 Å². The maximum atomic E-state index is 11.4. The van der Waals surface area contributed by atoms with E-state index < -0.39 is 16.1 Å². The van der Waals surface area contributed by atoms with Crippen molar-refractivity contribution in [1.82, 2.24) is 10.0 Å². The highest BCUT2D eigenvalue weighted by molar-refractivity contribution is 7.89. The second kappa shape index (κ2) is 4.79. The van der Waals surface area contributed by atoms with Crippen LogP contribution < -0.4 is 10.0 Å². The summed E-state index contributed by atoms with van der Waals surface area (Å²) in [5.74, 6) is -0.207. The highest BCUT2D eigenvalue weighted by Crippen LogP contribution is 2.03. The average Bonchev–Trinajstić information content (AvgIpc) is 2.17. The zero-order valence-corrected chi connectivity index (χ0v) is 9.04. The predicted molar refractivity (Wildman–Crippen MR) is 56.7 cm³/mol. The molecule has 0 radical (unpaired) electrons. The molecule has 1 aromatic carbocycles. The van der Waals surface area contributed by atoms with Crippen LogP contribution in [0.3, 0.4) is 0 Å². The van der Waals surface area contributed by atoms with E-state index in [9.17, 15) is 13.2 Å². The summed E-state index contributed by atoms with van der Waals surface area (Å²) in [7, 11) is -2.25. The van der Waals surface area contributed by atoms with Crippen LogP contribution in [0.15, 0.2) is 30.3 Å². The number of urea groups is 1. The lowest BCUT2D eigenvalue weighted by atomic mass is 10.2. The lowest BCUT2D eigenvalue weighted by molar-refractivity contribution is 0.248. The molecule has 0 bridgehead atoms. The number of amides is 2. The maximum absolute atomic E-state index is 11.4. The summed E-state index contributed by atoms with van der Waals surface area (Å²) in [6.45, 7) is 0. The van der Waals surface area contributed by atoms with Crippen LogP contribution in [0, 0.1) is 0 Å². The molecule has 5 nitrogen and oxygen atoms in total. The monoisotopic (exact) mass is 228 g/mol. The summed E-state index contributed by atoms with van der Waals surface area (Å²) in [6, 6.07) is 7.91. The molecule has 82 valence electrons. The minimum absolute atomic E-state index is 0.207. The van der Waals surface area contributed by atoms with E-state index in [1.807, 2.05) is 4.72 Å². The van der Waals surface area contributed by atoms with Crippen molar-refractivity contribution in [3.63, 3.8) is 0 Å². The summed E-state index contributed by atoms with van der Waals surface area (Å²) in [5.41, 5.74) is 0.633. The number of carbonyl (C=O) groups is 1. The fourth-order valence-corrected chi connectivity index (χ4v) is 2.11. The molecule has 0 aliphatic carbocycles. The quantitative estimate of drug-likeness (QED) is 0.788. The second-order valence-corrected chi connectivity index (χ2v) is 4.65. The first-order chi connectivity index (χ1) is 7.03. The summed E-state index contributed by atoms with van der Waals surface area (Å²) < 4.78 is 24.7. The number of nitrogens with one attached hydrogen (secondary N) is 2. The predicted octanol–water partition coefficient (Wildman–Crippen LogP) is 0.445. The highest BCUT2D eigenvalue weighted by Gasteiger charge is 2.13. The molecular formula is C9H12N2O3S. The van der Waals surface area contributed by atoms with Gasteiger partial charge in [0.05, 0.1) is 5.75 Å². The van der Waals surface area contributed by atoms with Crippen LogP contribution in [0.2, 0.25) is 0 Å². The average molecular weight is 228 g/mol. The fraction of sp³-hybridized carbons (Fsp3) is 0.222. The summed E-state index contributed by atoms with van der Waals surface area (Å²) in [4.78, 5) is 10.8. The Labute approximate surface area is 88.5 Å². The molecule has 1 aromatic rings. The van der Waals surface area contributed by atoms with E-state index in [0.29, 0.717) is 5.56 Å². The molecule has 0 fully saturated rings. The molecule has 0 aromatic heterocycles. The molecule has 2 N–H and O–H groups in total. The van der Waals surface area contributed by atoms with Gasteiger partial charge < -0.3 is 5.32 Å². The molecule has 0 saturated heterocycles. The Morgan fingerprint density at radius 2 is 1.87 bits per heavy atom. The molecule has 0 aliphatic heterocycles. The van der Waals surface area contributed by atoms with Crippen molar-refractivity contribution < 1.29 is 13.2 Å². The second-order valence-electron chi connectivity index (χ2n) is 2.93. The lowest BCUT2D eigenvalue weighted by Crippen LogP contribution is -2.37. The van der Waals surface area contributed by atoms with Gasteiger partial charge in [0, 0.05) is 7.05 Å². The highest BCUT2D eigenvalue weighted by atomic mass is 32.2. The molecule has 0 saturated carbocycles. The SMILES string of the molecule is CNC(=O)NS(=O)(=O)Cc1ccccc1. The first-order valence-corrected chi connectivity index (χ1v) is 5.95. The lowest BCUT2D eigenvalue weighted by Gasteiger charge is -2.05. The van der Waals surface area contributed by atoms with E-state index in [1.165, 1.54) is 7.05 Å². The Balaban J connectivity index is 2.69. The van der Waals surface area contributed by atoms with Gasteiger partial charge in [-0.05, 0) is 5.56 Å². The zero-order chi connectivity index (χ0) is 11.3. The van der Waals surface area contributed by atoms with E-state index in [4.69, 9.17) is 0 Å². The number of rotatable bonds is 3. The molecule has 0 unspecified atom stereocenters. The maximum Gasteiger partial charge on any atom is 0.328 e. The Kier molecular flexibility index (Phi) is 3.68. The number of carbonyl (C=O) groups excluding carboxylic acids is 1. The first-order valence-electron chi connectivity index (χ1n) is 4.29. The van der Waals surface area contributed by atoms with Crippen molar-refractivity contribution in [1.29, 1.82) is 0 Å². The third-order valence-electron chi connectivity index (χ3n) is 1.67. The molecule has 1 rings (SSSR count). The standard InChI is InChI=1S/C9H12N2O3S/c1-10-9(12)11-15(13,14)7-8-5-3-2-4-6-8/h2-6H,7H2,1H3,(H2,10,11,12). The van der Waals surface area contributed by atoms with Gasteiger partial charge in [0.2, 0.25) is 10.0 Å². The molecule has 0 heterocycles. The van der Waals surface area contributed by atoms with Gasteiger partial charge in [0.15, 0.2) is 0 Å². The van der Waals surface area contributed by atoms with Gasteiger partial charge in [0.1, 0.15) is 0 Å². The Hall–Kier alpha value is -1.56. The summed E-state index contributed by atoms with van der Waals surface area (Å²) in [5, 5.41) is 2.18. The summed E-state index contributed by atoms with van der Waals surface area (Å²) in [6.07, 6.45) is 0. The molecule has 2 amide bonds. The van der Waals surface area contributed by atoms with Crippen LogP contribution in [0.1, 0.15) is 5.56 Å². The van der Waals surface area contributed by atoms with Crippen molar-refractivity contribution >= 4 is 16.1 Å². The fourth-order valence-electron chi connectivity index (χ4n) is 1.02. The van der Waals surface area contributed by atoms with E-state index in [-0.39, 0.29) is 5.75 Å². The van der Waals surface area contributed by atoms with Crippen molar-refractivity contribution in [3.8, 4) is 0 Å². The minimum atomic E-state index is -3.61. The van der Waals surface area contributed by atoms with Crippen molar-refractivity contribution in [2.24, 2.45) is 0 Å².